The lowest BCUT2D eigenvalue weighted by atomic mass is 10.1. The zero-order chi connectivity index (χ0) is 16.8. The number of aliphatic hydroxyl groups is 2. The molecule has 9 nitrogen and oxygen atoms in total. The molecule has 2 heterocycles. The molecule has 0 unspecified atom stereocenters. The van der Waals surface area contributed by atoms with Gasteiger partial charge in [0.2, 0.25) is 0 Å². The van der Waals surface area contributed by atoms with Crippen LogP contribution in [0.1, 0.15) is 11.8 Å². The zero-order valence-electron chi connectivity index (χ0n) is 12.2. The van der Waals surface area contributed by atoms with Crippen LogP contribution in [-0.4, -0.2) is 54.5 Å². The highest BCUT2D eigenvalue weighted by Crippen LogP contribution is 2.38. The SMILES string of the molecule is Cc1ccc2c(c1)ncn2[C@H]1O[C@H](COP(=O)(O)O)[C@@H](O)[C@H]1O. The summed E-state index contributed by atoms with van der Waals surface area (Å²) in [7, 11) is -4.68. The van der Waals surface area contributed by atoms with E-state index in [4.69, 9.17) is 14.5 Å². The number of nitrogens with zero attached hydrogens (tertiary/aromatic N) is 2. The maximum Gasteiger partial charge on any atom is 0.469 e. The zero-order valence-corrected chi connectivity index (χ0v) is 13.1. The van der Waals surface area contributed by atoms with Gasteiger partial charge in [-0.05, 0) is 24.6 Å². The van der Waals surface area contributed by atoms with E-state index in [1.54, 1.807) is 4.57 Å². The fourth-order valence-corrected chi connectivity index (χ4v) is 2.95. The van der Waals surface area contributed by atoms with Crippen molar-refractivity contribution in [3.05, 3.63) is 30.1 Å². The second-order valence-corrected chi connectivity index (χ2v) is 6.72. The van der Waals surface area contributed by atoms with Gasteiger partial charge in [-0.1, -0.05) is 6.07 Å². The molecular weight excluding hydrogens is 327 g/mol. The molecule has 126 valence electrons. The summed E-state index contributed by atoms with van der Waals surface area (Å²) in [6.07, 6.45) is -3.13. The first kappa shape index (κ1) is 16.5. The van der Waals surface area contributed by atoms with Gasteiger partial charge in [-0.2, -0.15) is 0 Å². The van der Waals surface area contributed by atoms with Gasteiger partial charge in [-0.3, -0.25) is 4.52 Å². The van der Waals surface area contributed by atoms with Crippen LogP contribution >= 0.6 is 7.82 Å². The Morgan fingerprint density at radius 3 is 2.78 bits per heavy atom. The Kier molecular flexibility index (Phi) is 4.28. The molecule has 23 heavy (non-hydrogen) atoms. The van der Waals surface area contributed by atoms with E-state index in [-0.39, 0.29) is 0 Å². The first-order valence-corrected chi connectivity index (χ1v) is 8.44. The molecule has 2 aromatic rings. The smallest absolute Gasteiger partial charge is 0.387 e. The number of phosphoric acid groups is 1. The number of phosphoric ester groups is 1. The summed E-state index contributed by atoms with van der Waals surface area (Å²) in [5.41, 5.74) is 2.46. The first-order valence-electron chi connectivity index (χ1n) is 6.91. The number of benzene rings is 1. The number of ether oxygens (including phenoxy) is 1. The maximum absolute atomic E-state index is 10.8. The molecule has 1 aromatic heterocycles. The van der Waals surface area contributed by atoms with Crippen LogP contribution in [0.2, 0.25) is 0 Å². The summed E-state index contributed by atoms with van der Waals surface area (Å²) < 4.78 is 22.2. The van der Waals surface area contributed by atoms with Gasteiger partial charge in [-0.25, -0.2) is 9.55 Å². The van der Waals surface area contributed by atoms with Crippen LogP contribution in [0.5, 0.6) is 0 Å². The first-order chi connectivity index (χ1) is 10.8. The molecule has 10 heteroatoms. The fraction of sp³-hybridized carbons (Fsp3) is 0.462. The third-order valence-corrected chi connectivity index (χ3v) is 4.23. The second-order valence-electron chi connectivity index (χ2n) is 5.48. The van der Waals surface area contributed by atoms with Gasteiger partial charge in [0.1, 0.15) is 18.3 Å². The number of imidazole rings is 1. The highest BCUT2D eigenvalue weighted by atomic mass is 31.2. The summed E-state index contributed by atoms with van der Waals surface area (Å²) >= 11 is 0. The lowest BCUT2D eigenvalue weighted by molar-refractivity contribution is -0.0501. The number of aliphatic hydroxyl groups excluding tert-OH is 2. The van der Waals surface area contributed by atoms with Crippen LogP contribution in [0.3, 0.4) is 0 Å². The van der Waals surface area contributed by atoms with Crippen LogP contribution in [0, 0.1) is 6.92 Å². The average molecular weight is 344 g/mol. The van der Waals surface area contributed by atoms with Crippen molar-refractivity contribution < 1.29 is 33.8 Å². The molecule has 1 aliphatic heterocycles. The number of fused-ring (bicyclic) bond motifs is 1. The molecule has 0 aliphatic carbocycles. The molecular formula is C13H17N2O7P. The Balaban J connectivity index is 1.83. The average Bonchev–Trinajstić information content (AvgIpc) is 2.99. The minimum atomic E-state index is -4.68. The molecule has 0 amide bonds. The highest BCUT2D eigenvalue weighted by Gasteiger charge is 2.44. The van der Waals surface area contributed by atoms with Crippen LogP contribution in [0.4, 0.5) is 0 Å². The van der Waals surface area contributed by atoms with Crippen molar-refractivity contribution in [2.24, 2.45) is 0 Å². The van der Waals surface area contributed by atoms with E-state index in [1.165, 1.54) is 6.33 Å². The molecule has 4 atom stereocenters. The minimum Gasteiger partial charge on any atom is -0.387 e. The second kappa shape index (κ2) is 5.95. The quantitative estimate of drug-likeness (QED) is 0.573. The fourth-order valence-electron chi connectivity index (χ4n) is 2.61. The lowest BCUT2D eigenvalue weighted by Crippen LogP contribution is -2.33. The van der Waals surface area contributed by atoms with Crippen molar-refractivity contribution in [1.29, 1.82) is 0 Å². The Labute approximate surface area is 131 Å². The van der Waals surface area contributed by atoms with Crippen molar-refractivity contribution in [3.63, 3.8) is 0 Å². The van der Waals surface area contributed by atoms with Crippen molar-refractivity contribution in [2.45, 2.75) is 31.5 Å². The lowest BCUT2D eigenvalue weighted by Gasteiger charge is -2.17. The monoisotopic (exact) mass is 344 g/mol. The van der Waals surface area contributed by atoms with Gasteiger partial charge < -0.3 is 29.3 Å². The molecule has 1 aliphatic rings. The van der Waals surface area contributed by atoms with Gasteiger partial charge in [0.15, 0.2) is 6.23 Å². The number of rotatable bonds is 4. The topological polar surface area (TPSA) is 134 Å². The van der Waals surface area contributed by atoms with Crippen molar-refractivity contribution >= 4 is 18.9 Å². The predicted octanol–water partition coefficient (Wildman–Crippen LogP) is 0.0732. The van der Waals surface area contributed by atoms with Crippen molar-refractivity contribution in [3.8, 4) is 0 Å². The molecule has 3 rings (SSSR count). The van der Waals surface area contributed by atoms with Gasteiger partial charge in [0.05, 0.1) is 24.0 Å². The minimum absolute atomic E-state index is 0.537. The van der Waals surface area contributed by atoms with Gasteiger partial charge in [0, 0.05) is 0 Å². The van der Waals surface area contributed by atoms with Gasteiger partial charge >= 0.3 is 7.82 Å². The predicted molar refractivity (Wildman–Crippen MR) is 78.4 cm³/mol. The molecule has 1 saturated heterocycles. The van der Waals surface area contributed by atoms with Crippen LogP contribution < -0.4 is 0 Å². The van der Waals surface area contributed by atoms with Crippen molar-refractivity contribution in [2.75, 3.05) is 6.61 Å². The van der Waals surface area contributed by atoms with Crippen LogP contribution in [0.15, 0.2) is 24.5 Å². The standard InChI is InChI=1S/C13H17N2O7P/c1-7-2-3-9-8(4-7)14-6-15(9)13-12(17)11(16)10(22-13)5-21-23(18,19)20/h2-4,6,10-13,16-17H,5H2,1H3,(H2,18,19,20)/t10-,11-,12-,13+/m1/s1. The summed E-state index contributed by atoms with van der Waals surface area (Å²) in [6, 6.07) is 5.57. The third-order valence-electron chi connectivity index (χ3n) is 3.75. The third kappa shape index (κ3) is 3.31. The van der Waals surface area contributed by atoms with Crippen molar-refractivity contribution in [1.82, 2.24) is 9.55 Å². The van der Waals surface area contributed by atoms with E-state index in [2.05, 4.69) is 9.51 Å². The molecule has 4 N–H and O–H groups in total. The molecule has 1 aromatic carbocycles. The van der Waals surface area contributed by atoms with E-state index in [9.17, 15) is 14.8 Å². The summed E-state index contributed by atoms with van der Waals surface area (Å²) in [5.74, 6) is 0. The molecule has 0 spiro atoms. The highest BCUT2D eigenvalue weighted by molar-refractivity contribution is 7.46. The summed E-state index contributed by atoms with van der Waals surface area (Å²) in [5, 5.41) is 20.2. The van der Waals surface area contributed by atoms with Crippen LogP contribution in [-0.2, 0) is 13.8 Å². The number of hydrogen-bond acceptors (Lipinski definition) is 6. The molecule has 0 saturated carbocycles. The Morgan fingerprint density at radius 2 is 2.09 bits per heavy atom. The van der Waals surface area contributed by atoms with E-state index >= 15 is 0 Å². The Bertz CT molecular complexity index is 758. The van der Waals surface area contributed by atoms with Gasteiger partial charge in [-0.15, -0.1) is 0 Å². The Hall–Kier alpha value is -1.32. The number of aromatic nitrogens is 2. The van der Waals surface area contributed by atoms with Gasteiger partial charge in [0.25, 0.3) is 0 Å². The number of hydrogen-bond donors (Lipinski definition) is 4. The largest absolute Gasteiger partial charge is 0.469 e. The van der Waals surface area contributed by atoms with E-state index in [1.807, 2.05) is 25.1 Å². The van der Waals surface area contributed by atoms with E-state index < -0.39 is 39.0 Å². The summed E-state index contributed by atoms with van der Waals surface area (Å²) in [6.45, 7) is 1.39. The van der Waals surface area contributed by atoms with E-state index in [0.29, 0.717) is 11.0 Å². The summed E-state index contributed by atoms with van der Waals surface area (Å²) in [4.78, 5) is 21.7. The normalized spacial score (nSPS) is 28.6. The molecule has 0 bridgehead atoms. The maximum atomic E-state index is 10.8. The van der Waals surface area contributed by atoms with Crippen LogP contribution in [0.25, 0.3) is 11.0 Å². The molecule has 0 radical (unpaired) electrons. The Morgan fingerprint density at radius 1 is 1.35 bits per heavy atom. The molecule has 1 fully saturated rings. The number of aryl methyl sites for hydroxylation is 1. The van der Waals surface area contributed by atoms with E-state index in [0.717, 1.165) is 5.56 Å².